The Labute approximate surface area is 104 Å². The Morgan fingerprint density at radius 2 is 1.65 bits per heavy atom. The third kappa shape index (κ3) is 4.75. The molecule has 0 unspecified atom stereocenters. The second-order valence-electron chi connectivity index (χ2n) is 3.88. The quantitative estimate of drug-likeness (QED) is 0.558. The summed E-state index contributed by atoms with van der Waals surface area (Å²) >= 11 is 0. The molecule has 3 nitrogen and oxygen atoms in total. The molecule has 1 aromatic carbocycles. The normalized spacial score (nSPS) is 10.7. The van der Waals surface area contributed by atoms with Gasteiger partial charge in [0.1, 0.15) is 0 Å². The van der Waals surface area contributed by atoms with Gasteiger partial charge in [-0.15, -0.1) is 0 Å². The van der Waals surface area contributed by atoms with Crippen LogP contribution >= 0.6 is 0 Å². The minimum Gasteiger partial charge on any atom is -0.398 e. The summed E-state index contributed by atoms with van der Waals surface area (Å²) in [5.41, 5.74) is 9.36. The van der Waals surface area contributed by atoms with E-state index in [2.05, 4.69) is 6.07 Å². The van der Waals surface area contributed by atoms with Crippen molar-refractivity contribution in [3.63, 3.8) is 0 Å². The molecule has 0 saturated heterocycles. The van der Waals surface area contributed by atoms with E-state index in [9.17, 15) is 0 Å². The molecule has 0 aliphatic rings. The van der Waals surface area contributed by atoms with E-state index in [1.165, 1.54) is 11.1 Å². The number of ether oxygens (including phenoxy) is 2. The third-order valence-electron chi connectivity index (χ3n) is 2.73. The minimum atomic E-state index is 0.729. The predicted molar refractivity (Wildman–Crippen MR) is 71.2 cm³/mol. The van der Waals surface area contributed by atoms with Crippen LogP contribution in [0.3, 0.4) is 0 Å². The highest BCUT2D eigenvalue weighted by molar-refractivity contribution is 5.51. The molecule has 0 bridgehead atoms. The van der Waals surface area contributed by atoms with Crippen LogP contribution in [0.1, 0.15) is 25.0 Å². The molecule has 0 aliphatic heterocycles. The predicted octanol–water partition coefficient (Wildman–Crippen LogP) is 2.43. The van der Waals surface area contributed by atoms with Crippen LogP contribution in [0, 0.1) is 0 Å². The van der Waals surface area contributed by atoms with Crippen LogP contribution in [-0.2, 0) is 22.3 Å². The van der Waals surface area contributed by atoms with Crippen LogP contribution in [-0.4, -0.2) is 26.4 Å². The molecule has 2 N–H and O–H groups in total. The van der Waals surface area contributed by atoms with E-state index in [1.54, 1.807) is 0 Å². The maximum Gasteiger partial charge on any atom is 0.0507 e. The SMILES string of the molecule is CCOCCc1cccc(N)c1CCOCC. The van der Waals surface area contributed by atoms with Gasteiger partial charge in [0.15, 0.2) is 0 Å². The van der Waals surface area contributed by atoms with Gasteiger partial charge < -0.3 is 15.2 Å². The Hall–Kier alpha value is -1.06. The van der Waals surface area contributed by atoms with Crippen molar-refractivity contribution in [2.75, 3.05) is 32.2 Å². The van der Waals surface area contributed by atoms with Gasteiger partial charge in [-0.05, 0) is 43.9 Å². The number of hydrogen-bond donors (Lipinski definition) is 1. The summed E-state index contributed by atoms with van der Waals surface area (Å²) in [6, 6.07) is 6.07. The maximum absolute atomic E-state index is 6.01. The van der Waals surface area contributed by atoms with Crippen LogP contribution in [0.25, 0.3) is 0 Å². The smallest absolute Gasteiger partial charge is 0.0507 e. The van der Waals surface area contributed by atoms with Gasteiger partial charge in [0.25, 0.3) is 0 Å². The molecule has 0 fully saturated rings. The number of anilines is 1. The maximum atomic E-state index is 6.01. The first-order chi connectivity index (χ1) is 8.29. The monoisotopic (exact) mass is 237 g/mol. The van der Waals surface area contributed by atoms with Crippen molar-refractivity contribution in [1.29, 1.82) is 0 Å². The fourth-order valence-corrected chi connectivity index (χ4v) is 1.84. The zero-order valence-corrected chi connectivity index (χ0v) is 10.9. The summed E-state index contributed by atoms with van der Waals surface area (Å²) in [5, 5.41) is 0. The van der Waals surface area contributed by atoms with Gasteiger partial charge in [0, 0.05) is 18.9 Å². The molecule has 0 aromatic heterocycles. The largest absolute Gasteiger partial charge is 0.398 e. The van der Waals surface area contributed by atoms with Gasteiger partial charge in [-0.25, -0.2) is 0 Å². The first-order valence-corrected chi connectivity index (χ1v) is 6.31. The summed E-state index contributed by atoms with van der Waals surface area (Å²) in [4.78, 5) is 0. The van der Waals surface area contributed by atoms with Gasteiger partial charge >= 0.3 is 0 Å². The van der Waals surface area contributed by atoms with Crippen LogP contribution in [0.2, 0.25) is 0 Å². The summed E-state index contributed by atoms with van der Waals surface area (Å²) in [6.07, 6.45) is 1.79. The lowest BCUT2D eigenvalue weighted by Crippen LogP contribution is -2.07. The van der Waals surface area contributed by atoms with Crippen molar-refractivity contribution in [2.45, 2.75) is 26.7 Å². The van der Waals surface area contributed by atoms with Crippen molar-refractivity contribution < 1.29 is 9.47 Å². The van der Waals surface area contributed by atoms with E-state index >= 15 is 0 Å². The first kappa shape index (κ1) is 14.0. The van der Waals surface area contributed by atoms with Crippen LogP contribution in [0.5, 0.6) is 0 Å². The van der Waals surface area contributed by atoms with Crippen LogP contribution < -0.4 is 5.73 Å². The number of nitrogens with two attached hydrogens (primary N) is 1. The molecule has 0 heterocycles. The third-order valence-corrected chi connectivity index (χ3v) is 2.73. The highest BCUT2D eigenvalue weighted by Gasteiger charge is 2.06. The van der Waals surface area contributed by atoms with Crippen molar-refractivity contribution in [1.82, 2.24) is 0 Å². The van der Waals surface area contributed by atoms with Crippen molar-refractivity contribution in [2.24, 2.45) is 0 Å². The topological polar surface area (TPSA) is 44.5 Å². The van der Waals surface area contributed by atoms with E-state index < -0.39 is 0 Å². The Kier molecular flexibility index (Phi) is 6.67. The van der Waals surface area contributed by atoms with Crippen molar-refractivity contribution in [3.8, 4) is 0 Å². The Morgan fingerprint density at radius 1 is 1.00 bits per heavy atom. The van der Waals surface area contributed by atoms with E-state index in [4.69, 9.17) is 15.2 Å². The van der Waals surface area contributed by atoms with Gasteiger partial charge in [-0.2, -0.15) is 0 Å². The molecule has 0 atom stereocenters. The summed E-state index contributed by atoms with van der Waals surface area (Å²) < 4.78 is 10.8. The number of rotatable bonds is 8. The molecule has 0 radical (unpaired) electrons. The van der Waals surface area contributed by atoms with E-state index in [0.29, 0.717) is 0 Å². The Morgan fingerprint density at radius 3 is 2.29 bits per heavy atom. The number of nitrogen functional groups attached to an aromatic ring is 1. The summed E-state index contributed by atoms with van der Waals surface area (Å²) in [6.45, 7) is 7.01. The van der Waals surface area contributed by atoms with Crippen molar-refractivity contribution >= 4 is 5.69 Å². The molecule has 96 valence electrons. The van der Waals surface area contributed by atoms with E-state index in [0.717, 1.165) is 45.0 Å². The molecule has 1 aromatic rings. The Balaban J connectivity index is 2.63. The van der Waals surface area contributed by atoms with Crippen LogP contribution in [0.4, 0.5) is 5.69 Å². The molecular formula is C14H23NO2. The van der Waals surface area contributed by atoms with E-state index in [-0.39, 0.29) is 0 Å². The molecular weight excluding hydrogens is 214 g/mol. The zero-order valence-electron chi connectivity index (χ0n) is 10.9. The molecule has 0 saturated carbocycles. The second-order valence-corrected chi connectivity index (χ2v) is 3.88. The highest BCUT2D eigenvalue weighted by Crippen LogP contribution is 2.18. The minimum absolute atomic E-state index is 0.729. The fourth-order valence-electron chi connectivity index (χ4n) is 1.84. The lowest BCUT2D eigenvalue weighted by molar-refractivity contribution is 0.147. The lowest BCUT2D eigenvalue weighted by atomic mass is 10.0. The number of hydrogen-bond acceptors (Lipinski definition) is 3. The van der Waals surface area contributed by atoms with Gasteiger partial charge in [0.05, 0.1) is 13.2 Å². The second kappa shape index (κ2) is 8.09. The average Bonchev–Trinajstić information content (AvgIpc) is 2.33. The van der Waals surface area contributed by atoms with Gasteiger partial charge in [-0.1, -0.05) is 12.1 Å². The first-order valence-electron chi connectivity index (χ1n) is 6.31. The summed E-state index contributed by atoms with van der Waals surface area (Å²) in [7, 11) is 0. The standard InChI is InChI=1S/C14H23NO2/c1-3-16-10-8-12-6-5-7-14(15)13(12)9-11-17-4-2/h5-7H,3-4,8-11,15H2,1-2H3. The van der Waals surface area contributed by atoms with Gasteiger partial charge in [-0.3, -0.25) is 0 Å². The molecule has 0 spiro atoms. The average molecular weight is 237 g/mol. The van der Waals surface area contributed by atoms with E-state index in [1.807, 2.05) is 26.0 Å². The molecule has 3 heteroatoms. The molecule has 0 amide bonds. The Bertz CT molecular complexity index is 326. The van der Waals surface area contributed by atoms with Gasteiger partial charge in [0.2, 0.25) is 0 Å². The number of benzene rings is 1. The molecule has 17 heavy (non-hydrogen) atoms. The molecule has 0 aliphatic carbocycles. The zero-order chi connectivity index (χ0) is 12.5. The van der Waals surface area contributed by atoms with Crippen molar-refractivity contribution in [3.05, 3.63) is 29.3 Å². The molecule has 1 rings (SSSR count). The van der Waals surface area contributed by atoms with Crippen LogP contribution in [0.15, 0.2) is 18.2 Å². The highest BCUT2D eigenvalue weighted by atomic mass is 16.5. The fraction of sp³-hybridized carbons (Fsp3) is 0.571. The summed E-state index contributed by atoms with van der Waals surface area (Å²) in [5.74, 6) is 0. The lowest BCUT2D eigenvalue weighted by Gasteiger charge is -2.12.